The fourth-order valence-corrected chi connectivity index (χ4v) is 3.22. The van der Waals surface area contributed by atoms with Gasteiger partial charge in [-0.15, -0.1) is 0 Å². The van der Waals surface area contributed by atoms with Crippen LogP contribution in [0.4, 0.5) is 4.79 Å². The first kappa shape index (κ1) is 12.1. The van der Waals surface area contributed by atoms with Crippen molar-refractivity contribution in [3.63, 3.8) is 0 Å². The minimum Gasteiger partial charge on any atom is -0.444 e. The van der Waals surface area contributed by atoms with E-state index in [-0.39, 0.29) is 11.7 Å². The Morgan fingerprint density at radius 2 is 2.06 bits per heavy atom. The number of ether oxygens (including phenoxy) is 1. The molecule has 0 N–H and O–H groups in total. The second-order valence-electron chi connectivity index (χ2n) is 6.91. The zero-order chi connectivity index (χ0) is 12.9. The largest absolute Gasteiger partial charge is 0.444 e. The van der Waals surface area contributed by atoms with Crippen molar-refractivity contribution in [2.45, 2.75) is 64.1 Å². The molecule has 0 bridgehead atoms. The fraction of sp³-hybridized carbons (Fsp3) is 0.800. The zero-order valence-corrected chi connectivity index (χ0v) is 11.6. The van der Waals surface area contributed by atoms with E-state index in [1.165, 1.54) is 0 Å². The second-order valence-corrected chi connectivity index (χ2v) is 6.91. The van der Waals surface area contributed by atoms with Gasteiger partial charge in [-0.05, 0) is 58.3 Å². The van der Waals surface area contributed by atoms with Crippen molar-refractivity contribution in [2.24, 2.45) is 11.8 Å². The van der Waals surface area contributed by atoms with Gasteiger partial charge in [0.25, 0.3) is 0 Å². The van der Waals surface area contributed by atoms with E-state index in [4.69, 9.17) is 4.74 Å². The van der Waals surface area contributed by atoms with Gasteiger partial charge in [0.2, 0.25) is 0 Å². The standard InChI is InChI=1S/C15H23NO2/c1-15(2,3)18-14(17)16(11-7-8-11)13-9-10-5-4-6-12(10)13/h4-5,10-13H,6-9H2,1-3H3/t10-,12-,13+/m0/s1. The van der Waals surface area contributed by atoms with E-state index in [9.17, 15) is 4.79 Å². The zero-order valence-electron chi connectivity index (χ0n) is 11.6. The summed E-state index contributed by atoms with van der Waals surface area (Å²) >= 11 is 0. The van der Waals surface area contributed by atoms with Gasteiger partial charge in [-0.3, -0.25) is 0 Å². The van der Waals surface area contributed by atoms with Gasteiger partial charge < -0.3 is 9.64 Å². The highest BCUT2D eigenvalue weighted by Gasteiger charge is 2.50. The molecular weight excluding hydrogens is 226 g/mol. The lowest BCUT2D eigenvalue weighted by atomic mass is 9.70. The predicted molar refractivity (Wildman–Crippen MR) is 70.2 cm³/mol. The minimum absolute atomic E-state index is 0.0969. The van der Waals surface area contributed by atoms with Crippen molar-refractivity contribution in [1.82, 2.24) is 4.90 Å². The van der Waals surface area contributed by atoms with Crippen LogP contribution in [0.5, 0.6) is 0 Å². The van der Waals surface area contributed by atoms with Gasteiger partial charge in [-0.25, -0.2) is 4.79 Å². The molecular formula is C15H23NO2. The van der Waals surface area contributed by atoms with Crippen molar-refractivity contribution < 1.29 is 9.53 Å². The third-order valence-electron chi connectivity index (χ3n) is 4.25. The van der Waals surface area contributed by atoms with E-state index >= 15 is 0 Å². The van der Waals surface area contributed by atoms with Crippen molar-refractivity contribution in [3.8, 4) is 0 Å². The number of allylic oxidation sites excluding steroid dienone is 2. The molecule has 2 saturated carbocycles. The Kier molecular flexibility index (Phi) is 2.68. The molecule has 0 radical (unpaired) electrons. The van der Waals surface area contributed by atoms with Crippen molar-refractivity contribution >= 4 is 6.09 Å². The summed E-state index contributed by atoms with van der Waals surface area (Å²) in [5, 5.41) is 0. The molecule has 100 valence electrons. The quantitative estimate of drug-likeness (QED) is 0.702. The molecule has 3 aliphatic rings. The summed E-state index contributed by atoms with van der Waals surface area (Å²) in [6.07, 6.45) is 9.08. The highest BCUT2D eigenvalue weighted by molar-refractivity contribution is 5.69. The molecule has 3 rings (SSSR count). The van der Waals surface area contributed by atoms with E-state index in [1.54, 1.807) is 0 Å². The van der Waals surface area contributed by atoms with E-state index < -0.39 is 0 Å². The average Bonchev–Trinajstić information content (AvgIpc) is 2.96. The molecule has 0 aromatic rings. The Bertz CT molecular complexity index is 378. The molecule has 3 nitrogen and oxygen atoms in total. The summed E-state index contributed by atoms with van der Waals surface area (Å²) in [5.41, 5.74) is -0.388. The van der Waals surface area contributed by atoms with Crippen molar-refractivity contribution in [2.75, 3.05) is 0 Å². The first-order valence-corrected chi connectivity index (χ1v) is 7.14. The van der Waals surface area contributed by atoms with Crippen LogP contribution in [0.25, 0.3) is 0 Å². The number of carbonyl (C=O) groups is 1. The van der Waals surface area contributed by atoms with E-state index in [2.05, 4.69) is 17.1 Å². The van der Waals surface area contributed by atoms with Crippen LogP contribution in [0.2, 0.25) is 0 Å². The minimum atomic E-state index is -0.388. The third kappa shape index (κ3) is 2.15. The van der Waals surface area contributed by atoms with Crippen LogP contribution in [0.1, 0.15) is 46.5 Å². The number of carbonyl (C=O) groups excluding carboxylic acids is 1. The molecule has 0 spiro atoms. The van der Waals surface area contributed by atoms with Crippen LogP contribution in [-0.2, 0) is 4.74 Å². The molecule has 0 aromatic heterocycles. The van der Waals surface area contributed by atoms with Gasteiger partial charge in [0.05, 0.1) is 0 Å². The number of amides is 1. The Balaban J connectivity index is 1.67. The van der Waals surface area contributed by atoms with Gasteiger partial charge in [-0.2, -0.15) is 0 Å². The Morgan fingerprint density at radius 1 is 1.33 bits per heavy atom. The Hall–Kier alpha value is -0.990. The molecule has 0 aromatic carbocycles. The monoisotopic (exact) mass is 249 g/mol. The molecule has 3 heteroatoms. The molecule has 2 fully saturated rings. The third-order valence-corrected chi connectivity index (χ3v) is 4.25. The van der Waals surface area contributed by atoms with Gasteiger partial charge >= 0.3 is 6.09 Å². The molecule has 0 aliphatic heterocycles. The van der Waals surface area contributed by atoms with Crippen LogP contribution in [0.3, 0.4) is 0 Å². The van der Waals surface area contributed by atoms with Crippen LogP contribution in [-0.4, -0.2) is 28.7 Å². The SMILES string of the molecule is CC(C)(C)OC(=O)N(C1CC1)[C@@H]1C[C@@H]2C=CC[C@H]12. The lowest BCUT2D eigenvalue weighted by Gasteiger charge is -2.47. The normalized spacial score (nSPS) is 33.8. The molecule has 0 heterocycles. The molecule has 3 atom stereocenters. The van der Waals surface area contributed by atoms with Crippen LogP contribution >= 0.6 is 0 Å². The van der Waals surface area contributed by atoms with E-state index in [0.717, 1.165) is 31.6 Å². The fourth-order valence-electron chi connectivity index (χ4n) is 3.22. The summed E-state index contributed by atoms with van der Waals surface area (Å²) in [7, 11) is 0. The van der Waals surface area contributed by atoms with Gasteiger partial charge in [0.15, 0.2) is 0 Å². The molecule has 1 amide bonds. The summed E-state index contributed by atoms with van der Waals surface area (Å²) < 4.78 is 5.57. The maximum atomic E-state index is 12.3. The van der Waals surface area contributed by atoms with Crippen molar-refractivity contribution in [1.29, 1.82) is 0 Å². The number of nitrogens with zero attached hydrogens (tertiary/aromatic N) is 1. The number of hydrogen-bond donors (Lipinski definition) is 0. The Labute approximate surface area is 109 Å². The molecule has 0 saturated heterocycles. The summed E-state index contributed by atoms with van der Waals surface area (Å²) in [5.74, 6) is 1.39. The van der Waals surface area contributed by atoms with Gasteiger partial charge in [0, 0.05) is 12.1 Å². The maximum Gasteiger partial charge on any atom is 0.410 e. The number of rotatable bonds is 2. The molecule has 3 aliphatic carbocycles. The van der Waals surface area contributed by atoms with Crippen LogP contribution in [0.15, 0.2) is 12.2 Å². The number of fused-ring (bicyclic) bond motifs is 1. The smallest absolute Gasteiger partial charge is 0.410 e. The first-order chi connectivity index (χ1) is 8.46. The van der Waals surface area contributed by atoms with E-state index in [0.29, 0.717) is 18.0 Å². The highest BCUT2D eigenvalue weighted by atomic mass is 16.6. The van der Waals surface area contributed by atoms with Gasteiger partial charge in [0.1, 0.15) is 5.60 Å². The molecule has 0 unspecified atom stereocenters. The topological polar surface area (TPSA) is 29.5 Å². The average molecular weight is 249 g/mol. The maximum absolute atomic E-state index is 12.3. The summed E-state index contributed by atoms with van der Waals surface area (Å²) in [6.45, 7) is 5.82. The highest BCUT2D eigenvalue weighted by Crippen LogP contribution is 2.48. The van der Waals surface area contributed by atoms with E-state index in [1.807, 2.05) is 20.8 Å². The van der Waals surface area contributed by atoms with Crippen LogP contribution < -0.4 is 0 Å². The molecule has 18 heavy (non-hydrogen) atoms. The summed E-state index contributed by atoms with van der Waals surface area (Å²) in [4.78, 5) is 14.4. The lowest BCUT2D eigenvalue weighted by molar-refractivity contribution is -0.0186. The lowest BCUT2D eigenvalue weighted by Crippen LogP contribution is -2.55. The summed E-state index contributed by atoms with van der Waals surface area (Å²) in [6, 6.07) is 0.874. The first-order valence-electron chi connectivity index (χ1n) is 7.14. The predicted octanol–water partition coefficient (Wildman–Crippen LogP) is 3.35. The second kappa shape index (κ2) is 4.01. The van der Waals surface area contributed by atoms with Crippen molar-refractivity contribution in [3.05, 3.63) is 12.2 Å². The van der Waals surface area contributed by atoms with Gasteiger partial charge in [-0.1, -0.05) is 12.2 Å². The number of hydrogen-bond acceptors (Lipinski definition) is 2. The van der Waals surface area contributed by atoms with Crippen LogP contribution in [0, 0.1) is 11.8 Å². The Morgan fingerprint density at radius 3 is 2.61 bits per heavy atom.